The highest BCUT2D eigenvalue weighted by atomic mass is 16.5. The van der Waals surface area contributed by atoms with Crippen molar-refractivity contribution in [1.29, 1.82) is 0 Å². The van der Waals surface area contributed by atoms with E-state index in [1.807, 2.05) is 12.1 Å². The summed E-state index contributed by atoms with van der Waals surface area (Å²) >= 11 is 0. The second-order valence-electron chi connectivity index (χ2n) is 5.64. The normalized spacial score (nSPS) is 18.9. The summed E-state index contributed by atoms with van der Waals surface area (Å²) in [5.41, 5.74) is 2.21. The molecule has 0 radical (unpaired) electrons. The summed E-state index contributed by atoms with van der Waals surface area (Å²) in [5.74, 6) is 1.56. The highest BCUT2D eigenvalue weighted by molar-refractivity contribution is 5.86. The third kappa shape index (κ3) is 2.38. The first-order chi connectivity index (χ1) is 9.65. The number of Topliss-reactive ketones (excluding diaryl/α,β-unsaturated/α-hetero) is 1. The first-order valence-corrected chi connectivity index (χ1v) is 7.12. The van der Waals surface area contributed by atoms with Crippen molar-refractivity contribution in [3.63, 3.8) is 0 Å². The first-order valence-electron chi connectivity index (χ1n) is 7.12. The van der Waals surface area contributed by atoms with Gasteiger partial charge in [0.25, 0.3) is 0 Å². The summed E-state index contributed by atoms with van der Waals surface area (Å²) in [5, 5.41) is 4.00. The van der Waals surface area contributed by atoms with E-state index in [9.17, 15) is 4.79 Å². The number of hydrogen-bond donors (Lipinski definition) is 0. The summed E-state index contributed by atoms with van der Waals surface area (Å²) in [6.45, 7) is 4.32. The van der Waals surface area contributed by atoms with Crippen molar-refractivity contribution in [2.75, 3.05) is 0 Å². The van der Waals surface area contributed by atoms with Crippen LogP contribution in [0.2, 0.25) is 0 Å². The molecule has 2 aromatic rings. The Bertz CT molecular complexity index is 614. The molecule has 1 aliphatic carbocycles. The second kappa shape index (κ2) is 5.19. The zero-order chi connectivity index (χ0) is 14.1. The second-order valence-corrected chi connectivity index (χ2v) is 5.64. The van der Waals surface area contributed by atoms with Crippen LogP contribution in [0.5, 0.6) is 0 Å². The van der Waals surface area contributed by atoms with Crippen LogP contribution in [0.1, 0.15) is 56.4 Å². The van der Waals surface area contributed by atoms with Gasteiger partial charge in [-0.15, -0.1) is 0 Å². The Hall–Kier alpha value is -1.97. The van der Waals surface area contributed by atoms with Gasteiger partial charge >= 0.3 is 0 Å². The zero-order valence-corrected chi connectivity index (χ0v) is 11.8. The standard InChI is InChI=1S/C16H18N2O2/c1-10(2)11-6-8-12(9-7-11)15-17-16(20-18-15)13-4-3-5-14(13)19/h6-10,13H,3-5H2,1-2H3. The van der Waals surface area contributed by atoms with Gasteiger partial charge in [0.1, 0.15) is 5.78 Å². The highest BCUT2D eigenvalue weighted by Crippen LogP contribution is 2.31. The quantitative estimate of drug-likeness (QED) is 0.853. The molecule has 0 spiro atoms. The zero-order valence-electron chi connectivity index (χ0n) is 11.8. The molecule has 1 heterocycles. The van der Waals surface area contributed by atoms with Crippen LogP contribution in [0.25, 0.3) is 11.4 Å². The molecule has 20 heavy (non-hydrogen) atoms. The van der Waals surface area contributed by atoms with E-state index in [0.717, 1.165) is 18.4 Å². The molecule has 0 saturated heterocycles. The van der Waals surface area contributed by atoms with Gasteiger partial charge in [0.05, 0.1) is 5.92 Å². The fourth-order valence-electron chi connectivity index (χ4n) is 2.59. The molecule has 1 atom stereocenters. The number of rotatable bonds is 3. The lowest BCUT2D eigenvalue weighted by Gasteiger charge is -2.04. The van der Waals surface area contributed by atoms with E-state index in [0.29, 0.717) is 24.1 Å². The Morgan fingerprint density at radius 1 is 1.25 bits per heavy atom. The van der Waals surface area contributed by atoms with E-state index in [-0.39, 0.29) is 11.7 Å². The number of hydrogen-bond acceptors (Lipinski definition) is 4. The summed E-state index contributed by atoms with van der Waals surface area (Å²) in [7, 11) is 0. The molecule has 0 bridgehead atoms. The minimum Gasteiger partial charge on any atom is -0.338 e. The molecule has 0 aliphatic heterocycles. The lowest BCUT2D eigenvalue weighted by atomic mass is 10.0. The van der Waals surface area contributed by atoms with E-state index in [4.69, 9.17) is 4.52 Å². The van der Waals surface area contributed by atoms with Crippen molar-refractivity contribution in [1.82, 2.24) is 10.1 Å². The summed E-state index contributed by atoms with van der Waals surface area (Å²) < 4.78 is 5.27. The number of carbonyl (C=O) groups excluding carboxylic acids is 1. The molecule has 4 heteroatoms. The van der Waals surface area contributed by atoms with Crippen molar-refractivity contribution < 1.29 is 9.32 Å². The van der Waals surface area contributed by atoms with Crippen molar-refractivity contribution >= 4 is 5.78 Å². The van der Waals surface area contributed by atoms with Crippen LogP contribution in [0.15, 0.2) is 28.8 Å². The first kappa shape index (κ1) is 13.0. The maximum atomic E-state index is 11.7. The maximum absolute atomic E-state index is 11.7. The fourth-order valence-corrected chi connectivity index (χ4v) is 2.59. The van der Waals surface area contributed by atoms with E-state index in [1.54, 1.807) is 0 Å². The third-order valence-electron chi connectivity index (χ3n) is 3.88. The van der Waals surface area contributed by atoms with E-state index in [2.05, 4.69) is 36.1 Å². The van der Waals surface area contributed by atoms with Crippen LogP contribution < -0.4 is 0 Å². The van der Waals surface area contributed by atoms with Gasteiger partial charge in [-0.1, -0.05) is 43.3 Å². The van der Waals surface area contributed by atoms with Crippen molar-refractivity contribution in [3.8, 4) is 11.4 Å². The van der Waals surface area contributed by atoms with Gasteiger partial charge in [0.2, 0.25) is 11.7 Å². The average Bonchev–Trinajstić information content (AvgIpc) is 3.07. The van der Waals surface area contributed by atoms with Crippen molar-refractivity contribution in [2.24, 2.45) is 0 Å². The summed E-state index contributed by atoms with van der Waals surface area (Å²) in [6.07, 6.45) is 2.38. The highest BCUT2D eigenvalue weighted by Gasteiger charge is 2.31. The molecule has 104 valence electrons. The van der Waals surface area contributed by atoms with Gasteiger partial charge in [-0.25, -0.2) is 0 Å². The lowest BCUT2D eigenvalue weighted by molar-refractivity contribution is -0.119. The van der Waals surface area contributed by atoms with E-state index in [1.165, 1.54) is 5.56 Å². The smallest absolute Gasteiger partial charge is 0.237 e. The topological polar surface area (TPSA) is 56.0 Å². The Kier molecular flexibility index (Phi) is 3.38. The average molecular weight is 270 g/mol. The maximum Gasteiger partial charge on any atom is 0.237 e. The number of benzene rings is 1. The van der Waals surface area contributed by atoms with Gasteiger partial charge in [0.15, 0.2) is 0 Å². The van der Waals surface area contributed by atoms with Crippen LogP contribution >= 0.6 is 0 Å². The molecule has 1 aromatic heterocycles. The Morgan fingerprint density at radius 3 is 2.60 bits per heavy atom. The number of nitrogens with zero attached hydrogens (tertiary/aromatic N) is 2. The molecular formula is C16H18N2O2. The molecule has 1 aliphatic rings. The van der Waals surface area contributed by atoms with Crippen LogP contribution in [0.4, 0.5) is 0 Å². The van der Waals surface area contributed by atoms with Gasteiger partial charge in [-0.3, -0.25) is 4.79 Å². The predicted molar refractivity (Wildman–Crippen MR) is 75.4 cm³/mol. The number of aromatic nitrogens is 2. The Balaban J connectivity index is 1.84. The molecule has 1 aromatic carbocycles. The van der Waals surface area contributed by atoms with Crippen LogP contribution in [-0.2, 0) is 4.79 Å². The monoisotopic (exact) mass is 270 g/mol. The Morgan fingerprint density at radius 2 is 2.00 bits per heavy atom. The van der Waals surface area contributed by atoms with E-state index < -0.39 is 0 Å². The Labute approximate surface area is 118 Å². The molecule has 1 saturated carbocycles. The minimum atomic E-state index is -0.189. The SMILES string of the molecule is CC(C)c1ccc(-c2noc(C3CCCC3=O)n2)cc1. The minimum absolute atomic E-state index is 0.189. The summed E-state index contributed by atoms with van der Waals surface area (Å²) in [6, 6.07) is 8.16. The molecular weight excluding hydrogens is 252 g/mol. The van der Waals surface area contributed by atoms with Crippen LogP contribution in [-0.4, -0.2) is 15.9 Å². The van der Waals surface area contributed by atoms with Gasteiger partial charge in [-0.2, -0.15) is 4.98 Å². The third-order valence-corrected chi connectivity index (χ3v) is 3.88. The van der Waals surface area contributed by atoms with Crippen LogP contribution in [0, 0.1) is 0 Å². The number of carbonyl (C=O) groups is 1. The molecule has 0 N–H and O–H groups in total. The fraction of sp³-hybridized carbons (Fsp3) is 0.438. The van der Waals surface area contributed by atoms with E-state index >= 15 is 0 Å². The summed E-state index contributed by atoms with van der Waals surface area (Å²) in [4.78, 5) is 16.1. The van der Waals surface area contributed by atoms with Gasteiger partial charge < -0.3 is 4.52 Å². The molecule has 1 unspecified atom stereocenters. The molecule has 4 nitrogen and oxygen atoms in total. The molecule has 3 rings (SSSR count). The molecule has 0 amide bonds. The van der Waals surface area contributed by atoms with Crippen LogP contribution in [0.3, 0.4) is 0 Å². The largest absolute Gasteiger partial charge is 0.338 e. The van der Waals surface area contributed by atoms with Gasteiger partial charge in [-0.05, 0) is 24.3 Å². The predicted octanol–water partition coefficient (Wildman–Crippen LogP) is 3.70. The molecule has 1 fully saturated rings. The van der Waals surface area contributed by atoms with Crippen molar-refractivity contribution in [3.05, 3.63) is 35.7 Å². The number of ketones is 1. The van der Waals surface area contributed by atoms with Crippen molar-refractivity contribution in [2.45, 2.75) is 44.9 Å². The lowest BCUT2D eigenvalue weighted by Crippen LogP contribution is -2.04. The van der Waals surface area contributed by atoms with Gasteiger partial charge in [0, 0.05) is 12.0 Å².